The van der Waals surface area contributed by atoms with Crippen molar-refractivity contribution in [3.8, 4) is 0 Å². The van der Waals surface area contributed by atoms with E-state index < -0.39 is 10.0 Å². The second-order valence-corrected chi connectivity index (χ2v) is 9.33. The first-order chi connectivity index (χ1) is 13.9. The summed E-state index contributed by atoms with van der Waals surface area (Å²) in [4.78, 5) is 19.2. The summed E-state index contributed by atoms with van der Waals surface area (Å²) in [6.07, 6.45) is 1.69. The third-order valence-corrected chi connectivity index (χ3v) is 7.43. The Morgan fingerprint density at radius 3 is 2.34 bits per heavy atom. The van der Waals surface area contributed by atoms with Gasteiger partial charge in [-0.1, -0.05) is 18.2 Å². The van der Waals surface area contributed by atoms with Crippen LogP contribution in [0.2, 0.25) is 0 Å². The number of aryl methyl sites for hydroxylation is 2. The van der Waals surface area contributed by atoms with Gasteiger partial charge in [-0.15, -0.1) is 0 Å². The van der Waals surface area contributed by atoms with Crippen LogP contribution in [0, 0.1) is 13.8 Å². The minimum atomic E-state index is -3.52. The molecule has 8 heteroatoms. The normalized spacial score (nSPS) is 15.7. The number of rotatable bonds is 4. The molecule has 1 aliphatic rings. The topological polar surface area (TPSA) is 75.5 Å². The van der Waals surface area contributed by atoms with E-state index in [1.165, 1.54) is 9.87 Å². The number of imidazole rings is 1. The summed E-state index contributed by atoms with van der Waals surface area (Å²) in [6.45, 7) is 5.65. The van der Waals surface area contributed by atoms with Crippen molar-refractivity contribution in [3.63, 3.8) is 0 Å². The minimum absolute atomic E-state index is 0.0284. The Labute approximate surface area is 170 Å². The molecule has 1 aromatic heterocycles. The molecule has 1 aliphatic heterocycles. The zero-order chi connectivity index (χ0) is 20.6. The third-order valence-electron chi connectivity index (χ3n) is 5.51. The number of nitrogens with zero attached hydrogens (tertiary/aromatic N) is 4. The van der Waals surface area contributed by atoms with E-state index in [2.05, 4.69) is 11.1 Å². The number of hydrogen-bond acceptors (Lipinski definition) is 4. The van der Waals surface area contributed by atoms with Crippen molar-refractivity contribution in [2.24, 2.45) is 0 Å². The van der Waals surface area contributed by atoms with E-state index in [4.69, 9.17) is 0 Å². The molecule has 1 saturated heterocycles. The Balaban J connectivity index is 1.43. The standard InChI is InChI=1S/C21H24N4O3S/c1-16-12-19-20(13-17(16)2)24(15-22-19)14-21(26)23-8-10-25(11-9-23)29(27,28)18-6-4-3-5-7-18/h3-7,12-13,15H,8-11,14H2,1-2H3. The van der Waals surface area contributed by atoms with Crippen LogP contribution in [0.3, 0.4) is 0 Å². The molecule has 0 radical (unpaired) electrons. The summed E-state index contributed by atoms with van der Waals surface area (Å²) in [6, 6.07) is 12.5. The van der Waals surface area contributed by atoms with E-state index in [9.17, 15) is 13.2 Å². The quantitative estimate of drug-likeness (QED) is 0.658. The fourth-order valence-corrected chi connectivity index (χ4v) is 5.05. The summed E-state index contributed by atoms with van der Waals surface area (Å²) in [7, 11) is -3.52. The Bertz CT molecular complexity index is 1150. The van der Waals surface area contributed by atoms with Crippen LogP contribution in [0.1, 0.15) is 11.1 Å². The fourth-order valence-electron chi connectivity index (χ4n) is 3.60. The van der Waals surface area contributed by atoms with Crippen LogP contribution in [-0.2, 0) is 21.4 Å². The third kappa shape index (κ3) is 3.77. The van der Waals surface area contributed by atoms with Gasteiger partial charge in [0.25, 0.3) is 0 Å². The number of aromatic nitrogens is 2. The highest BCUT2D eigenvalue weighted by molar-refractivity contribution is 7.89. The van der Waals surface area contributed by atoms with Crippen LogP contribution in [0.5, 0.6) is 0 Å². The lowest BCUT2D eigenvalue weighted by Gasteiger charge is -2.34. The van der Waals surface area contributed by atoms with E-state index >= 15 is 0 Å². The van der Waals surface area contributed by atoms with Gasteiger partial charge in [-0.25, -0.2) is 13.4 Å². The highest BCUT2D eigenvalue weighted by atomic mass is 32.2. The first-order valence-electron chi connectivity index (χ1n) is 9.61. The summed E-state index contributed by atoms with van der Waals surface area (Å²) in [5.74, 6) is -0.0284. The minimum Gasteiger partial charge on any atom is -0.339 e. The number of benzene rings is 2. The van der Waals surface area contributed by atoms with Crippen LogP contribution in [0.25, 0.3) is 11.0 Å². The maximum atomic E-state index is 12.8. The number of carbonyl (C=O) groups excluding carboxylic acids is 1. The molecule has 0 unspecified atom stereocenters. The van der Waals surface area contributed by atoms with Gasteiger partial charge < -0.3 is 9.47 Å². The smallest absolute Gasteiger partial charge is 0.243 e. The van der Waals surface area contributed by atoms with Gasteiger partial charge in [0.2, 0.25) is 15.9 Å². The average molecular weight is 413 g/mol. The molecule has 0 spiro atoms. The molecule has 3 aromatic rings. The van der Waals surface area contributed by atoms with Crippen molar-refractivity contribution in [1.82, 2.24) is 18.8 Å². The van der Waals surface area contributed by atoms with Crippen molar-refractivity contribution < 1.29 is 13.2 Å². The van der Waals surface area contributed by atoms with Gasteiger partial charge in [-0.05, 0) is 49.2 Å². The van der Waals surface area contributed by atoms with E-state index in [1.54, 1.807) is 41.6 Å². The molecule has 0 N–H and O–H groups in total. The van der Waals surface area contributed by atoms with Crippen molar-refractivity contribution in [1.29, 1.82) is 0 Å². The van der Waals surface area contributed by atoms with E-state index in [-0.39, 0.29) is 17.3 Å². The molecule has 0 saturated carbocycles. The summed E-state index contributed by atoms with van der Waals surface area (Å²) >= 11 is 0. The average Bonchev–Trinajstić information content (AvgIpc) is 3.10. The van der Waals surface area contributed by atoms with Gasteiger partial charge in [0.15, 0.2) is 0 Å². The van der Waals surface area contributed by atoms with Crippen molar-refractivity contribution >= 4 is 27.0 Å². The molecule has 0 bridgehead atoms. The summed E-state index contributed by atoms with van der Waals surface area (Å²) in [5.41, 5.74) is 4.14. The SMILES string of the molecule is Cc1cc2ncn(CC(=O)N3CCN(S(=O)(=O)c4ccccc4)CC3)c2cc1C. The molecule has 152 valence electrons. The second kappa shape index (κ2) is 7.61. The molecule has 4 rings (SSSR count). The number of sulfonamides is 1. The lowest BCUT2D eigenvalue weighted by atomic mass is 10.1. The van der Waals surface area contributed by atoms with Crippen LogP contribution < -0.4 is 0 Å². The first-order valence-corrected chi connectivity index (χ1v) is 11.1. The van der Waals surface area contributed by atoms with Crippen LogP contribution in [-0.4, -0.2) is 59.3 Å². The van der Waals surface area contributed by atoms with Gasteiger partial charge in [0.05, 0.1) is 22.3 Å². The Hall–Kier alpha value is -2.71. The summed E-state index contributed by atoms with van der Waals surface area (Å²) in [5, 5.41) is 0. The molecule has 2 heterocycles. The summed E-state index contributed by atoms with van der Waals surface area (Å²) < 4.78 is 28.8. The highest BCUT2D eigenvalue weighted by Gasteiger charge is 2.30. The van der Waals surface area contributed by atoms with Gasteiger partial charge in [-0.2, -0.15) is 4.31 Å². The number of hydrogen-bond donors (Lipinski definition) is 0. The largest absolute Gasteiger partial charge is 0.339 e. The molecule has 0 aliphatic carbocycles. The number of fused-ring (bicyclic) bond motifs is 1. The molecule has 29 heavy (non-hydrogen) atoms. The van der Waals surface area contributed by atoms with E-state index in [0.29, 0.717) is 26.2 Å². The molecular weight excluding hydrogens is 388 g/mol. The second-order valence-electron chi connectivity index (χ2n) is 7.40. The van der Waals surface area contributed by atoms with E-state index in [1.807, 2.05) is 24.5 Å². The van der Waals surface area contributed by atoms with Crippen molar-refractivity contribution in [2.75, 3.05) is 26.2 Å². The Morgan fingerprint density at radius 2 is 1.66 bits per heavy atom. The molecule has 7 nitrogen and oxygen atoms in total. The van der Waals surface area contributed by atoms with Crippen LogP contribution >= 0.6 is 0 Å². The number of amides is 1. The lowest BCUT2D eigenvalue weighted by Crippen LogP contribution is -2.51. The van der Waals surface area contributed by atoms with E-state index in [0.717, 1.165) is 16.6 Å². The first kappa shape index (κ1) is 19.6. The molecule has 1 fully saturated rings. The van der Waals surface area contributed by atoms with Crippen molar-refractivity contribution in [3.05, 3.63) is 59.9 Å². The maximum absolute atomic E-state index is 12.8. The van der Waals surface area contributed by atoms with Crippen molar-refractivity contribution in [2.45, 2.75) is 25.3 Å². The lowest BCUT2D eigenvalue weighted by molar-refractivity contribution is -0.132. The number of carbonyl (C=O) groups is 1. The van der Waals surface area contributed by atoms with Gasteiger partial charge in [0.1, 0.15) is 6.54 Å². The Kier molecular flexibility index (Phi) is 5.14. The maximum Gasteiger partial charge on any atom is 0.243 e. The monoisotopic (exact) mass is 412 g/mol. The van der Waals surface area contributed by atoms with Gasteiger partial charge in [0, 0.05) is 26.2 Å². The zero-order valence-electron chi connectivity index (χ0n) is 16.6. The Morgan fingerprint density at radius 1 is 1.00 bits per heavy atom. The van der Waals surface area contributed by atoms with Gasteiger partial charge in [-0.3, -0.25) is 4.79 Å². The predicted octanol–water partition coefficient (Wildman–Crippen LogP) is 2.19. The highest BCUT2D eigenvalue weighted by Crippen LogP contribution is 2.20. The number of piperazine rings is 1. The fraction of sp³-hybridized carbons (Fsp3) is 0.333. The molecule has 2 aromatic carbocycles. The molecular formula is C21H24N4O3S. The molecule has 1 amide bonds. The van der Waals surface area contributed by atoms with Crippen LogP contribution in [0.4, 0.5) is 0 Å². The van der Waals surface area contributed by atoms with Gasteiger partial charge >= 0.3 is 0 Å². The zero-order valence-corrected chi connectivity index (χ0v) is 17.4. The van der Waals surface area contributed by atoms with Crippen LogP contribution in [0.15, 0.2) is 53.7 Å². The molecule has 0 atom stereocenters. The predicted molar refractivity (Wildman–Crippen MR) is 111 cm³/mol.